The molecule has 1 aromatic rings. The lowest BCUT2D eigenvalue weighted by molar-refractivity contribution is 0.0879. The summed E-state index contributed by atoms with van der Waals surface area (Å²) in [7, 11) is 0. The van der Waals surface area contributed by atoms with Gasteiger partial charge in [0.2, 0.25) is 0 Å². The molecule has 0 unspecified atom stereocenters. The maximum absolute atomic E-state index is 11.7. The normalized spacial score (nSPS) is 20.0. The number of nitrogens with one attached hydrogen (secondary N) is 2. The highest BCUT2D eigenvalue weighted by Crippen LogP contribution is 2.36. The maximum Gasteiger partial charge on any atom is 0.259 e. The minimum Gasteiger partial charge on any atom is -0.396 e. The summed E-state index contributed by atoms with van der Waals surface area (Å²) in [5, 5.41) is 15.3. The van der Waals surface area contributed by atoms with Gasteiger partial charge in [0.25, 0.3) is 11.8 Å². The van der Waals surface area contributed by atoms with Crippen molar-refractivity contribution < 1.29 is 14.7 Å². The molecule has 0 bridgehead atoms. The zero-order valence-electron chi connectivity index (χ0n) is 11.9. The Morgan fingerprint density at radius 2 is 1.81 bits per heavy atom. The van der Waals surface area contributed by atoms with Gasteiger partial charge >= 0.3 is 0 Å². The van der Waals surface area contributed by atoms with E-state index in [0.717, 1.165) is 31.4 Å². The number of carbonyl (C=O) groups excluding carboxylic acids is 2. The number of imide groups is 1. The summed E-state index contributed by atoms with van der Waals surface area (Å²) >= 11 is 0. The van der Waals surface area contributed by atoms with Crippen LogP contribution in [-0.2, 0) is 0 Å². The molecule has 5 nitrogen and oxygen atoms in total. The van der Waals surface area contributed by atoms with E-state index in [1.54, 1.807) is 12.1 Å². The highest BCUT2D eigenvalue weighted by molar-refractivity contribution is 6.21. The summed E-state index contributed by atoms with van der Waals surface area (Å²) in [6.45, 7) is 0.877. The van der Waals surface area contributed by atoms with Gasteiger partial charge in [-0.05, 0) is 31.0 Å². The van der Waals surface area contributed by atoms with Crippen molar-refractivity contribution >= 4 is 17.5 Å². The van der Waals surface area contributed by atoms with E-state index in [9.17, 15) is 14.7 Å². The minimum absolute atomic E-state index is 0.0602. The summed E-state index contributed by atoms with van der Waals surface area (Å²) in [6.07, 6.45) is 5.61. The van der Waals surface area contributed by atoms with E-state index in [-0.39, 0.29) is 23.8 Å². The van der Waals surface area contributed by atoms with E-state index in [2.05, 4.69) is 10.6 Å². The topological polar surface area (TPSA) is 78.4 Å². The van der Waals surface area contributed by atoms with Gasteiger partial charge in [-0.3, -0.25) is 14.9 Å². The van der Waals surface area contributed by atoms with Crippen molar-refractivity contribution in [3.05, 3.63) is 29.3 Å². The van der Waals surface area contributed by atoms with Gasteiger partial charge in [-0.2, -0.15) is 0 Å². The van der Waals surface area contributed by atoms with Crippen molar-refractivity contribution in [2.24, 2.45) is 5.41 Å². The molecule has 1 aliphatic carbocycles. The van der Waals surface area contributed by atoms with Gasteiger partial charge in [0.1, 0.15) is 0 Å². The van der Waals surface area contributed by atoms with Crippen LogP contribution in [0.5, 0.6) is 0 Å². The molecule has 1 aliphatic heterocycles. The third-order valence-corrected chi connectivity index (χ3v) is 4.65. The third-order valence-electron chi connectivity index (χ3n) is 4.65. The van der Waals surface area contributed by atoms with Crippen LogP contribution >= 0.6 is 0 Å². The maximum atomic E-state index is 11.7. The summed E-state index contributed by atoms with van der Waals surface area (Å²) in [6, 6.07) is 5.19. The molecule has 1 saturated carbocycles. The predicted octanol–water partition coefficient (Wildman–Crippen LogP) is 1.92. The summed E-state index contributed by atoms with van der Waals surface area (Å²) in [5.41, 5.74) is 1.61. The zero-order chi connectivity index (χ0) is 14.9. The Labute approximate surface area is 123 Å². The molecule has 1 heterocycles. The lowest BCUT2D eigenvalue weighted by atomic mass is 9.74. The van der Waals surface area contributed by atoms with E-state index < -0.39 is 0 Å². The number of hydrogen-bond acceptors (Lipinski definition) is 4. The Kier molecular flexibility index (Phi) is 3.68. The summed E-state index contributed by atoms with van der Waals surface area (Å²) in [5.74, 6) is -0.672. The van der Waals surface area contributed by atoms with Crippen LogP contribution in [-0.4, -0.2) is 30.1 Å². The molecule has 0 saturated heterocycles. The number of anilines is 1. The summed E-state index contributed by atoms with van der Waals surface area (Å²) < 4.78 is 0. The van der Waals surface area contributed by atoms with Crippen molar-refractivity contribution in [3.8, 4) is 0 Å². The number of aliphatic hydroxyl groups is 1. The minimum atomic E-state index is -0.340. The highest BCUT2D eigenvalue weighted by Gasteiger charge is 2.31. The van der Waals surface area contributed by atoms with E-state index in [0.29, 0.717) is 17.7 Å². The average molecular weight is 288 g/mol. The van der Waals surface area contributed by atoms with E-state index in [1.807, 2.05) is 6.07 Å². The SMILES string of the molecule is O=C1NC(=O)c2cc(NCC3(CO)CCCCC3)ccc21. The number of carbonyl (C=O) groups is 2. The fourth-order valence-corrected chi connectivity index (χ4v) is 3.26. The first-order valence-electron chi connectivity index (χ1n) is 7.48. The molecule has 3 N–H and O–H groups in total. The molecule has 0 spiro atoms. The number of hydrogen-bond donors (Lipinski definition) is 3. The zero-order valence-corrected chi connectivity index (χ0v) is 11.9. The monoisotopic (exact) mass is 288 g/mol. The van der Waals surface area contributed by atoms with Gasteiger partial charge in [-0.1, -0.05) is 19.3 Å². The average Bonchev–Trinajstić information content (AvgIpc) is 2.81. The lowest BCUT2D eigenvalue weighted by Gasteiger charge is -2.36. The molecule has 1 aromatic carbocycles. The molecule has 0 aromatic heterocycles. The van der Waals surface area contributed by atoms with Crippen molar-refractivity contribution in [1.29, 1.82) is 0 Å². The second-order valence-corrected chi connectivity index (χ2v) is 6.12. The Morgan fingerprint density at radius 1 is 1.10 bits per heavy atom. The molecule has 3 rings (SSSR count). The smallest absolute Gasteiger partial charge is 0.259 e. The number of aliphatic hydroxyl groups excluding tert-OH is 1. The van der Waals surface area contributed by atoms with Gasteiger partial charge in [0.15, 0.2) is 0 Å². The molecule has 2 aliphatic rings. The van der Waals surface area contributed by atoms with Crippen molar-refractivity contribution in [2.45, 2.75) is 32.1 Å². The van der Waals surface area contributed by atoms with Crippen LogP contribution in [0.2, 0.25) is 0 Å². The second kappa shape index (κ2) is 5.48. The van der Waals surface area contributed by atoms with Crippen molar-refractivity contribution in [3.63, 3.8) is 0 Å². The Hall–Kier alpha value is -1.88. The van der Waals surface area contributed by atoms with Crippen LogP contribution in [0.15, 0.2) is 18.2 Å². The van der Waals surface area contributed by atoms with Gasteiger partial charge < -0.3 is 10.4 Å². The lowest BCUT2D eigenvalue weighted by Crippen LogP contribution is -2.35. The van der Waals surface area contributed by atoms with Crippen LogP contribution in [0.3, 0.4) is 0 Å². The van der Waals surface area contributed by atoms with E-state index in [4.69, 9.17) is 0 Å². The van der Waals surface area contributed by atoms with E-state index in [1.165, 1.54) is 6.42 Å². The van der Waals surface area contributed by atoms with Gasteiger partial charge in [0, 0.05) is 17.6 Å². The molecule has 5 heteroatoms. The molecule has 21 heavy (non-hydrogen) atoms. The number of fused-ring (bicyclic) bond motifs is 1. The highest BCUT2D eigenvalue weighted by atomic mass is 16.3. The fourth-order valence-electron chi connectivity index (χ4n) is 3.26. The third kappa shape index (κ3) is 2.65. The first-order chi connectivity index (χ1) is 10.1. The van der Waals surface area contributed by atoms with Crippen LogP contribution in [0.1, 0.15) is 52.8 Å². The van der Waals surface area contributed by atoms with Gasteiger partial charge in [-0.15, -0.1) is 0 Å². The van der Waals surface area contributed by atoms with Crippen LogP contribution < -0.4 is 10.6 Å². The van der Waals surface area contributed by atoms with Crippen molar-refractivity contribution in [1.82, 2.24) is 5.32 Å². The standard InChI is InChI=1S/C16H20N2O3/c19-10-16(6-2-1-3-7-16)9-17-11-4-5-12-13(8-11)15(21)18-14(12)20/h4-5,8,17,19H,1-3,6-7,9-10H2,(H,18,20,21). The van der Waals surface area contributed by atoms with Gasteiger partial charge in [0.05, 0.1) is 17.7 Å². The molecule has 1 fully saturated rings. The summed E-state index contributed by atoms with van der Waals surface area (Å²) in [4.78, 5) is 23.2. The quantitative estimate of drug-likeness (QED) is 0.740. The second-order valence-electron chi connectivity index (χ2n) is 6.12. The molecule has 2 amide bonds. The molecular weight excluding hydrogens is 268 g/mol. The fraction of sp³-hybridized carbons (Fsp3) is 0.500. The Bertz CT molecular complexity index is 577. The Morgan fingerprint density at radius 3 is 2.52 bits per heavy atom. The first-order valence-corrected chi connectivity index (χ1v) is 7.48. The van der Waals surface area contributed by atoms with Crippen LogP contribution in [0, 0.1) is 5.41 Å². The first kappa shape index (κ1) is 14.1. The van der Waals surface area contributed by atoms with Crippen LogP contribution in [0.4, 0.5) is 5.69 Å². The molecule has 112 valence electrons. The van der Waals surface area contributed by atoms with Gasteiger partial charge in [-0.25, -0.2) is 0 Å². The molecule has 0 radical (unpaired) electrons. The number of amides is 2. The largest absolute Gasteiger partial charge is 0.396 e. The molecule has 0 atom stereocenters. The van der Waals surface area contributed by atoms with Crippen LogP contribution in [0.25, 0.3) is 0 Å². The van der Waals surface area contributed by atoms with E-state index >= 15 is 0 Å². The number of benzene rings is 1. The van der Waals surface area contributed by atoms with Crippen molar-refractivity contribution in [2.75, 3.05) is 18.5 Å². The predicted molar refractivity (Wildman–Crippen MR) is 79.3 cm³/mol. The Balaban J connectivity index is 1.72. The number of rotatable bonds is 4. The molecular formula is C16H20N2O3.